The van der Waals surface area contributed by atoms with Crippen LogP contribution in [-0.2, 0) is 9.53 Å². The Balaban J connectivity index is 2.56. The molecule has 1 fully saturated rings. The quantitative estimate of drug-likeness (QED) is 0.797. The monoisotopic (exact) mass is 271 g/mol. The molecule has 6 heteroatoms. The molecule has 0 bridgehead atoms. The lowest BCUT2D eigenvalue weighted by Gasteiger charge is -2.36. The fourth-order valence-corrected chi connectivity index (χ4v) is 2.08. The second-order valence-corrected chi connectivity index (χ2v) is 5.83. The van der Waals surface area contributed by atoms with E-state index in [4.69, 9.17) is 10.5 Å². The van der Waals surface area contributed by atoms with Gasteiger partial charge in [0, 0.05) is 13.1 Å². The smallest absolute Gasteiger partial charge is 0.410 e. The van der Waals surface area contributed by atoms with E-state index in [-0.39, 0.29) is 24.6 Å². The highest BCUT2D eigenvalue weighted by molar-refractivity contribution is 5.77. The summed E-state index contributed by atoms with van der Waals surface area (Å²) in [6, 6.07) is -0.000833. The Morgan fingerprint density at radius 2 is 2.05 bits per heavy atom. The van der Waals surface area contributed by atoms with E-state index in [1.165, 1.54) is 0 Å². The van der Waals surface area contributed by atoms with E-state index in [0.29, 0.717) is 13.1 Å². The summed E-state index contributed by atoms with van der Waals surface area (Å²) in [7, 11) is 0. The van der Waals surface area contributed by atoms with Gasteiger partial charge in [-0.2, -0.15) is 0 Å². The zero-order chi connectivity index (χ0) is 14.5. The number of rotatable bonds is 3. The van der Waals surface area contributed by atoms with E-state index >= 15 is 0 Å². The number of hydrogen-bond donors (Lipinski definition) is 2. The molecule has 3 N–H and O–H groups in total. The van der Waals surface area contributed by atoms with Crippen LogP contribution in [0.15, 0.2) is 0 Å². The maximum absolute atomic E-state index is 12.1. The van der Waals surface area contributed by atoms with Gasteiger partial charge in [-0.05, 0) is 40.0 Å². The SMILES string of the molecule is CC(C)(C)OC(=O)N1CCCCC1CNC(=O)CN. The molecule has 1 rings (SSSR count). The van der Waals surface area contributed by atoms with Crippen molar-refractivity contribution in [2.45, 2.75) is 51.7 Å². The van der Waals surface area contributed by atoms with Crippen molar-refractivity contribution in [2.24, 2.45) is 5.73 Å². The molecular weight excluding hydrogens is 246 g/mol. The van der Waals surface area contributed by atoms with Gasteiger partial charge in [-0.25, -0.2) is 4.79 Å². The number of carbonyl (C=O) groups is 2. The summed E-state index contributed by atoms with van der Waals surface area (Å²) in [5.74, 6) is -0.199. The van der Waals surface area contributed by atoms with Crippen molar-refractivity contribution in [3.05, 3.63) is 0 Å². The number of likely N-dealkylation sites (tertiary alicyclic amines) is 1. The van der Waals surface area contributed by atoms with Gasteiger partial charge in [-0.15, -0.1) is 0 Å². The molecule has 1 aliphatic heterocycles. The molecule has 1 heterocycles. The summed E-state index contributed by atoms with van der Waals surface area (Å²) in [5, 5.41) is 2.74. The summed E-state index contributed by atoms with van der Waals surface area (Å²) in [6.45, 7) is 6.63. The number of nitrogens with zero attached hydrogens (tertiary/aromatic N) is 1. The van der Waals surface area contributed by atoms with Gasteiger partial charge in [0.25, 0.3) is 0 Å². The lowest BCUT2D eigenvalue weighted by atomic mass is 10.0. The van der Waals surface area contributed by atoms with Crippen LogP contribution in [0, 0.1) is 0 Å². The molecule has 0 aromatic carbocycles. The van der Waals surface area contributed by atoms with Crippen molar-refractivity contribution in [3.8, 4) is 0 Å². The first-order valence-electron chi connectivity index (χ1n) is 6.80. The Labute approximate surface area is 114 Å². The third-order valence-electron chi connectivity index (χ3n) is 2.98. The van der Waals surface area contributed by atoms with Gasteiger partial charge in [0.15, 0.2) is 0 Å². The van der Waals surface area contributed by atoms with E-state index in [9.17, 15) is 9.59 Å². The van der Waals surface area contributed by atoms with Crippen LogP contribution >= 0.6 is 0 Å². The lowest BCUT2D eigenvalue weighted by molar-refractivity contribution is -0.120. The molecular formula is C13H25N3O3. The first kappa shape index (κ1) is 15.8. The summed E-state index contributed by atoms with van der Waals surface area (Å²) in [6.07, 6.45) is 2.60. The minimum atomic E-state index is -0.500. The number of piperidine rings is 1. The van der Waals surface area contributed by atoms with E-state index in [0.717, 1.165) is 19.3 Å². The summed E-state index contributed by atoms with van der Waals surface area (Å²) < 4.78 is 5.39. The first-order valence-corrected chi connectivity index (χ1v) is 6.80. The Morgan fingerprint density at radius 1 is 1.37 bits per heavy atom. The number of hydrogen-bond acceptors (Lipinski definition) is 4. The second-order valence-electron chi connectivity index (χ2n) is 5.83. The van der Waals surface area contributed by atoms with Crippen molar-refractivity contribution in [1.82, 2.24) is 10.2 Å². The maximum atomic E-state index is 12.1. The normalized spacial score (nSPS) is 20.0. The largest absolute Gasteiger partial charge is 0.444 e. The average molecular weight is 271 g/mol. The third-order valence-corrected chi connectivity index (χ3v) is 2.98. The number of nitrogens with one attached hydrogen (secondary N) is 1. The van der Waals surface area contributed by atoms with Crippen molar-refractivity contribution >= 4 is 12.0 Å². The van der Waals surface area contributed by atoms with Crippen LogP contribution in [0.25, 0.3) is 0 Å². The molecule has 0 saturated carbocycles. The highest BCUT2D eigenvalue weighted by atomic mass is 16.6. The molecule has 1 atom stereocenters. The predicted octanol–water partition coefficient (Wildman–Crippen LogP) is 0.851. The van der Waals surface area contributed by atoms with Crippen LogP contribution in [-0.4, -0.2) is 48.2 Å². The Kier molecular flexibility index (Phi) is 5.60. The molecule has 110 valence electrons. The van der Waals surface area contributed by atoms with E-state index in [1.54, 1.807) is 4.90 Å². The highest BCUT2D eigenvalue weighted by Gasteiger charge is 2.30. The third kappa shape index (κ3) is 5.46. The predicted molar refractivity (Wildman–Crippen MR) is 72.6 cm³/mol. The minimum absolute atomic E-state index is 0.000833. The number of nitrogens with two attached hydrogens (primary N) is 1. The van der Waals surface area contributed by atoms with E-state index in [1.807, 2.05) is 20.8 Å². The molecule has 1 saturated heterocycles. The molecule has 0 aromatic rings. The van der Waals surface area contributed by atoms with Gasteiger partial charge in [-0.1, -0.05) is 0 Å². The molecule has 0 aromatic heterocycles. The van der Waals surface area contributed by atoms with Gasteiger partial charge in [0.1, 0.15) is 5.60 Å². The van der Waals surface area contributed by atoms with Gasteiger partial charge in [0.2, 0.25) is 5.91 Å². The number of carbonyl (C=O) groups excluding carboxylic acids is 2. The molecule has 1 unspecified atom stereocenters. The zero-order valence-corrected chi connectivity index (χ0v) is 12.1. The summed E-state index contributed by atoms with van der Waals surface area (Å²) >= 11 is 0. The summed E-state index contributed by atoms with van der Waals surface area (Å²) in [5.41, 5.74) is 4.75. The van der Waals surface area contributed by atoms with Crippen molar-refractivity contribution in [2.75, 3.05) is 19.6 Å². The van der Waals surface area contributed by atoms with Crippen LogP contribution in [0.1, 0.15) is 40.0 Å². The fraction of sp³-hybridized carbons (Fsp3) is 0.846. The molecule has 2 amide bonds. The summed E-state index contributed by atoms with van der Waals surface area (Å²) in [4.78, 5) is 25.0. The Morgan fingerprint density at radius 3 is 2.63 bits per heavy atom. The van der Waals surface area contributed by atoms with E-state index < -0.39 is 5.60 Å². The van der Waals surface area contributed by atoms with Gasteiger partial charge >= 0.3 is 6.09 Å². The average Bonchev–Trinajstić information content (AvgIpc) is 2.34. The Hall–Kier alpha value is -1.30. The van der Waals surface area contributed by atoms with Crippen LogP contribution in [0.3, 0.4) is 0 Å². The first-order chi connectivity index (χ1) is 8.83. The van der Waals surface area contributed by atoms with Crippen LogP contribution < -0.4 is 11.1 Å². The standard InChI is InChI=1S/C13H25N3O3/c1-13(2,3)19-12(18)16-7-5-4-6-10(16)9-15-11(17)8-14/h10H,4-9,14H2,1-3H3,(H,15,17). The lowest BCUT2D eigenvalue weighted by Crippen LogP contribution is -2.51. The van der Waals surface area contributed by atoms with Crippen LogP contribution in [0.4, 0.5) is 4.79 Å². The minimum Gasteiger partial charge on any atom is -0.444 e. The Bertz CT molecular complexity index is 326. The topological polar surface area (TPSA) is 84.7 Å². The van der Waals surface area contributed by atoms with Crippen LogP contribution in [0.2, 0.25) is 0 Å². The zero-order valence-electron chi connectivity index (χ0n) is 12.1. The molecule has 0 spiro atoms. The highest BCUT2D eigenvalue weighted by Crippen LogP contribution is 2.19. The molecule has 6 nitrogen and oxygen atoms in total. The number of ether oxygens (including phenoxy) is 1. The van der Waals surface area contributed by atoms with Gasteiger partial charge in [-0.3, -0.25) is 4.79 Å². The van der Waals surface area contributed by atoms with Crippen molar-refractivity contribution in [1.29, 1.82) is 0 Å². The van der Waals surface area contributed by atoms with Gasteiger partial charge in [0.05, 0.1) is 12.6 Å². The van der Waals surface area contributed by atoms with Crippen molar-refractivity contribution in [3.63, 3.8) is 0 Å². The maximum Gasteiger partial charge on any atom is 0.410 e. The van der Waals surface area contributed by atoms with Gasteiger partial charge < -0.3 is 20.7 Å². The van der Waals surface area contributed by atoms with Crippen LogP contribution in [0.5, 0.6) is 0 Å². The molecule has 1 aliphatic rings. The van der Waals surface area contributed by atoms with E-state index in [2.05, 4.69) is 5.32 Å². The second kappa shape index (κ2) is 6.75. The fourth-order valence-electron chi connectivity index (χ4n) is 2.08. The molecule has 19 heavy (non-hydrogen) atoms. The van der Waals surface area contributed by atoms with Crippen molar-refractivity contribution < 1.29 is 14.3 Å². The molecule has 0 aliphatic carbocycles. The number of amides is 2. The molecule has 0 radical (unpaired) electrons.